The SMILES string of the molecule is CCN(CC)C1(c2ccc(Cl)cc2)CCC(NC(C)C)C(C)C1. The third-order valence-electron chi connectivity index (χ3n) is 5.51. The Balaban J connectivity index is 2.31. The molecule has 1 fully saturated rings. The van der Waals surface area contributed by atoms with Crippen LogP contribution < -0.4 is 5.32 Å². The Kier molecular flexibility index (Phi) is 6.53. The van der Waals surface area contributed by atoms with Gasteiger partial charge in [-0.2, -0.15) is 0 Å². The van der Waals surface area contributed by atoms with Crippen LogP contribution in [0.2, 0.25) is 5.02 Å². The normalized spacial score (nSPS) is 28.5. The van der Waals surface area contributed by atoms with Crippen LogP contribution in [0.4, 0.5) is 0 Å². The van der Waals surface area contributed by atoms with Gasteiger partial charge in [-0.05, 0) is 56.0 Å². The summed E-state index contributed by atoms with van der Waals surface area (Å²) >= 11 is 6.13. The number of rotatable bonds is 6. The Bertz CT molecular complexity index is 481. The highest BCUT2D eigenvalue weighted by molar-refractivity contribution is 6.30. The highest BCUT2D eigenvalue weighted by Crippen LogP contribution is 2.44. The lowest BCUT2D eigenvalue weighted by Gasteiger charge is -2.51. The Morgan fingerprint density at radius 3 is 2.30 bits per heavy atom. The van der Waals surface area contributed by atoms with E-state index < -0.39 is 0 Å². The van der Waals surface area contributed by atoms with Gasteiger partial charge in [-0.15, -0.1) is 0 Å². The van der Waals surface area contributed by atoms with E-state index in [0.29, 0.717) is 18.0 Å². The molecule has 1 aliphatic rings. The molecule has 23 heavy (non-hydrogen) atoms. The number of hydrogen-bond acceptors (Lipinski definition) is 2. The molecular weight excluding hydrogens is 304 g/mol. The van der Waals surface area contributed by atoms with Crippen molar-refractivity contribution in [2.75, 3.05) is 13.1 Å². The van der Waals surface area contributed by atoms with Crippen LogP contribution in [-0.4, -0.2) is 30.1 Å². The Morgan fingerprint density at radius 1 is 1.22 bits per heavy atom. The first-order valence-corrected chi connectivity index (χ1v) is 9.57. The van der Waals surface area contributed by atoms with Crippen molar-refractivity contribution in [2.45, 2.75) is 71.5 Å². The fourth-order valence-electron chi connectivity index (χ4n) is 4.45. The zero-order chi connectivity index (χ0) is 17.0. The number of halogens is 1. The molecule has 3 unspecified atom stereocenters. The van der Waals surface area contributed by atoms with Crippen molar-refractivity contribution < 1.29 is 0 Å². The van der Waals surface area contributed by atoms with E-state index in [2.05, 4.69) is 57.0 Å². The van der Waals surface area contributed by atoms with E-state index in [1.807, 2.05) is 12.1 Å². The smallest absolute Gasteiger partial charge is 0.0464 e. The molecule has 2 nitrogen and oxygen atoms in total. The fraction of sp³-hybridized carbons (Fsp3) is 0.700. The molecule has 3 heteroatoms. The molecule has 0 amide bonds. The second-order valence-electron chi connectivity index (χ2n) is 7.36. The topological polar surface area (TPSA) is 15.3 Å². The van der Waals surface area contributed by atoms with Crippen molar-refractivity contribution in [2.24, 2.45) is 5.92 Å². The zero-order valence-corrected chi connectivity index (χ0v) is 16.2. The van der Waals surface area contributed by atoms with E-state index in [1.54, 1.807) is 0 Å². The first kappa shape index (κ1) is 18.8. The van der Waals surface area contributed by atoms with Gasteiger partial charge in [-0.1, -0.05) is 58.4 Å². The van der Waals surface area contributed by atoms with E-state index in [4.69, 9.17) is 11.6 Å². The first-order chi connectivity index (χ1) is 10.9. The van der Waals surface area contributed by atoms with E-state index in [0.717, 1.165) is 18.1 Å². The number of nitrogens with zero attached hydrogens (tertiary/aromatic N) is 1. The molecule has 130 valence electrons. The maximum atomic E-state index is 6.13. The molecule has 3 atom stereocenters. The largest absolute Gasteiger partial charge is 0.312 e. The lowest BCUT2D eigenvalue weighted by atomic mass is 9.69. The minimum Gasteiger partial charge on any atom is -0.312 e. The van der Waals surface area contributed by atoms with Gasteiger partial charge in [0.2, 0.25) is 0 Å². The molecule has 1 aromatic rings. The standard InChI is InChI=1S/C20H33ClN2/c1-6-23(7-2)20(17-8-10-18(21)11-9-17)13-12-19(16(5)14-20)22-15(3)4/h8-11,15-16,19,22H,6-7,12-14H2,1-5H3. The van der Waals surface area contributed by atoms with E-state index in [-0.39, 0.29) is 5.54 Å². The van der Waals surface area contributed by atoms with E-state index in [9.17, 15) is 0 Å². The maximum absolute atomic E-state index is 6.13. The molecule has 0 aliphatic heterocycles. The predicted molar refractivity (Wildman–Crippen MR) is 101 cm³/mol. The Labute approximate surface area is 147 Å². The molecule has 1 aliphatic carbocycles. The summed E-state index contributed by atoms with van der Waals surface area (Å²) in [4.78, 5) is 2.65. The molecule has 0 radical (unpaired) electrons. The second kappa shape index (κ2) is 8.00. The van der Waals surface area contributed by atoms with Crippen LogP contribution in [0.3, 0.4) is 0 Å². The van der Waals surface area contributed by atoms with Gasteiger partial charge in [0.05, 0.1) is 0 Å². The maximum Gasteiger partial charge on any atom is 0.0464 e. The van der Waals surface area contributed by atoms with Gasteiger partial charge in [0.15, 0.2) is 0 Å². The van der Waals surface area contributed by atoms with Crippen LogP contribution in [-0.2, 0) is 5.54 Å². The molecule has 0 aromatic heterocycles. The number of hydrogen-bond donors (Lipinski definition) is 1. The van der Waals surface area contributed by atoms with Crippen LogP contribution in [0.25, 0.3) is 0 Å². The first-order valence-electron chi connectivity index (χ1n) is 9.20. The van der Waals surface area contributed by atoms with E-state index in [1.165, 1.54) is 24.8 Å². The molecule has 0 saturated heterocycles. The van der Waals surface area contributed by atoms with Crippen molar-refractivity contribution in [3.05, 3.63) is 34.9 Å². The van der Waals surface area contributed by atoms with Crippen molar-refractivity contribution in [1.82, 2.24) is 10.2 Å². The highest BCUT2D eigenvalue weighted by atomic mass is 35.5. The average molecular weight is 337 g/mol. The monoisotopic (exact) mass is 336 g/mol. The molecule has 2 rings (SSSR count). The Morgan fingerprint density at radius 2 is 1.83 bits per heavy atom. The summed E-state index contributed by atoms with van der Waals surface area (Å²) in [6.45, 7) is 13.7. The van der Waals surface area contributed by atoms with E-state index >= 15 is 0 Å². The van der Waals surface area contributed by atoms with Crippen molar-refractivity contribution in [1.29, 1.82) is 0 Å². The summed E-state index contributed by atoms with van der Waals surface area (Å²) in [5, 5.41) is 4.59. The third kappa shape index (κ3) is 4.10. The number of nitrogens with one attached hydrogen (secondary N) is 1. The van der Waals surface area contributed by atoms with Gasteiger partial charge in [0.25, 0.3) is 0 Å². The van der Waals surface area contributed by atoms with Gasteiger partial charge in [0.1, 0.15) is 0 Å². The zero-order valence-electron chi connectivity index (χ0n) is 15.4. The Hall–Kier alpha value is -0.570. The summed E-state index contributed by atoms with van der Waals surface area (Å²) in [5.74, 6) is 0.669. The lowest BCUT2D eigenvalue weighted by molar-refractivity contribution is 0.0227. The fourth-order valence-corrected chi connectivity index (χ4v) is 4.58. The summed E-state index contributed by atoms with van der Waals surface area (Å²) in [5.41, 5.74) is 1.59. The second-order valence-corrected chi connectivity index (χ2v) is 7.80. The highest BCUT2D eigenvalue weighted by Gasteiger charge is 2.43. The summed E-state index contributed by atoms with van der Waals surface area (Å²) in [7, 11) is 0. The molecular formula is C20H33ClN2. The van der Waals surface area contributed by atoms with Crippen molar-refractivity contribution >= 4 is 11.6 Å². The summed E-state index contributed by atoms with van der Waals surface area (Å²) in [6, 6.07) is 9.76. The van der Waals surface area contributed by atoms with Crippen LogP contribution in [0.5, 0.6) is 0 Å². The van der Waals surface area contributed by atoms with Gasteiger partial charge in [-0.3, -0.25) is 4.90 Å². The molecule has 1 saturated carbocycles. The van der Waals surface area contributed by atoms with Crippen molar-refractivity contribution in [3.63, 3.8) is 0 Å². The summed E-state index contributed by atoms with van der Waals surface area (Å²) in [6.07, 6.45) is 3.66. The molecule has 0 spiro atoms. The quantitative estimate of drug-likeness (QED) is 0.780. The third-order valence-corrected chi connectivity index (χ3v) is 5.77. The van der Waals surface area contributed by atoms with Crippen LogP contribution in [0.15, 0.2) is 24.3 Å². The van der Waals surface area contributed by atoms with Crippen LogP contribution >= 0.6 is 11.6 Å². The van der Waals surface area contributed by atoms with Crippen LogP contribution in [0.1, 0.15) is 59.4 Å². The molecule has 1 N–H and O–H groups in total. The van der Waals surface area contributed by atoms with Crippen LogP contribution in [0, 0.1) is 5.92 Å². The van der Waals surface area contributed by atoms with Gasteiger partial charge >= 0.3 is 0 Å². The molecule has 1 aromatic carbocycles. The van der Waals surface area contributed by atoms with Gasteiger partial charge in [-0.25, -0.2) is 0 Å². The molecule has 0 bridgehead atoms. The van der Waals surface area contributed by atoms with Crippen molar-refractivity contribution in [3.8, 4) is 0 Å². The lowest BCUT2D eigenvalue weighted by Crippen LogP contribution is -2.54. The minimum atomic E-state index is 0.155. The number of benzene rings is 1. The predicted octanol–water partition coefficient (Wildman–Crippen LogP) is 5.06. The molecule has 0 heterocycles. The minimum absolute atomic E-state index is 0.155. The van der Waals surface area contributed by atoms with Gasteiger partial charge in [0, 0.05) is 22.6 Å². The average Bonchev–Trinajstić information content (AvgIpc) is 2.51. The summed E-state index contributed by atoms with van der Waals surface area (Å²) < 4.78 is 0. The van der Waals surface area contributed by atoms with Gasteiger partial charge < -0.3 is 5.32 Å².